The van der Waals surface area contributed by atoms with Crippen LogP contribution in [-0.4, -0.2) is 24.1 Å². The largest absolute Gasteiger partial charge is 0.299 e. The van der Waals surface area contributed by atoms with Gasteiger partial charge in [-0.3, -0.25) is 13.9 Å². The molecule has 0 aliphatic heterocycles. The smallest absolute Gasteiger partial charge is 0.265 e. The standard InChI is InChI=1S/C27H29N5O/c1-5-18(4)19-10-12-20(13-11-19)32-25-23(27(33)31(16-28-25)15-14-17(2)3)24-26(32)30-22-9-7-6-8-21(22)29-24/h6-13,16-18H,5,14-15H2,1-4H3/t18-/m1/s1. The van der Waals surface area contributed by atoms with Crippen LogP contribution in [0.2, 0.25) is 0 Å². The third-order valence-electron chi connectivity index (χ3n) is 6.51. The SMILES string of the molecule is CC[C@@H](C)c1ccc(-n2c3nc4ccccc4nc3c3c(=O)n(CCC(C)C)cnc32)cc1. The summed E-state index contributed by atoms with van der Waals surface area (Å²) in [5.74, 6) is 0.994. The van der Waals surface area contributed by atoms with Crippen molar-refractivity contribution in [3.05, 3.63) is 70.8 Å². The van der Waals surface area contributed by atoms with Gasteiger partial charge in [-0.25, -0.2) is 15.0 Å². The topological polar surface area (TPSA) is 65.6 Å². The van der Waals surface area contributed by atoms with Gasteiger partial charge in [-0.2, -0.15) is 0 Å². The van der Waals surface area contributed by atoms with Crippen LogP contribution in [0.25, 0.3) is 38.9 Å². The Hall–Kier alpha value is -3.54. The van der Waals surface area contributed by atoms with Crippen molar-refractivity contribution in [2.24, 2.45) is 5.92 Å². The predicted octanol–water partition coefficient (Wildman–Crippen LogP) is 5.84. The van der Waals surface area contributed by atoms with Crippen LogP contribution in [0.15, 0.2) is 59.7 Å². The number of nitrogens with zero attached hydrogens (tertiary/aromatic N) is 5. The van der Waals surface area contributed by atoms with Crippen LogP contribution < -0.4 is 5.56 Å². The molecule has 5 aromatic rings. The zero-order valence-corrected chi connectivity index (χ0v) is 19.6. The lowest BCUT2D eigenvalue weighted by Crippen LogP contribution is -2.21. The molecular weight excluding hydrogens is 410 g/mol. The van der Waals surface area contributed by atoms with Crippen LogP contribution >= 0.6 is 0 Å². The van der Waals surface area contributed by atoms with E-state index in [1.54, 1.807) is 10.9 Å². The zero-order chi connectivity index (χ0) is 23.1. The van der Waals surface area contributed by atoms with Crippen molar-refractivity contribution in [3.63, 3.8) is 0 Å². The molecule has 0 saturated carbocycles. The Morgan fingerprint density at radius 1 is 0.909 bits per heavy atom. The van der Waals surface area contributed by atoms with E-state index >= 15 is 0 Å². The summed E-state index contributed by atoms with van der Waals surface area (Å²) in [6.07, 6.45) is 3.66. The Morgan fingerprint density at radius 3 is 2.27 bits per heavy atom. The molecule has 33 heavy (non-hydrogen) atoms. The number of hydrogen-bond acceptors (Lipinski definition) is 4. The fraction of sp³-hybridized carbons (Fsp3) is 0.333. The van der Waals surface area contributed by atoms with Crippen molar-refractivity contribution < 1.29 is 0 Å². The Bertz CT molecular complexity index is 1510. The van der Waals surface area contributed by atoms with E-state index in [2.05, 4.69) is 52.0 Å². The van der Waals surface area contributed by atoms with E-state index in [9.17, 15) is 4.79 Å². The molecule has 0 bridgehead atoms. The van der Waals surface area contributed by atoms with Crippen LogP contribution in [0.5, 0.6) is 0 Å². The molecule has 0 spiro atoms. The summed E-state index contributed by atoms with van der Waals surface area (Å²) in [7, 11) is 0. The average molecular weight is 440 g/mol. The fourth-order valence-corrected chi connectivity index (χ4v) is 4.26. The minimum atomic E-state index is -0.0646. The highest BCUT2D eigenvalue weighted by Crippen LogP contribution is 2.29. The van der Waals surface area contributed by atoms with Gasteiger partial charge in [0.15, 0.2) is 11.3 Å². The number of benzene rings is 2. The minimum Gasteiger partial charge on any atom is -0.299 e. The van der Waals surface area contributed by atoms with Crippen LogP contribution in [0, 0.1) is 5.92 Å². The highest BCUT2D eigenvalue weighted by Gasteiger charge is 2.21. The van der Waals surface area contributed by atoms with Crippen LogP contribution in [0.4, 0.5) is 0 Å². The number of aryl methyl sites for hydroxylation is 1. The molecule has 0 fully saturated rings. The van der Waals surface area contributed by atoms with Crippen LogP contribution in [0.3, 0.4) is 0 Å². The first-order chi connectivity index (χ1) is 16.0. The maximum Gasteiger partial charge on any atom is 0.265 e. The van der Waals surface area contributed by atoms with Gasteiger partial charge in [0.2, 0.25) is 0 Å². The molecule has 1 atom stereocenters. The van der Waals surface area contributed by atoms with Crippen LogP contribution in [-0.2, 0) is 6.54 Å². The second-order valence-electron chi connectivity index (χ2n) is 9.25. The molecule has 6 nitrogen and oxygen atoms in total. The monoisotopic (exact) mass is 439 g/mol. The van der Waals surface area contributed by atoms with E-state index in [1.165, 1.54) is 5.56 Å². The number of para-hydroxylation sites is 2. The van der Waals surface area contributed by atoms with E-state index in [0.29, 0.717) is 40.6 Å². The van der Waals surface area contributed by atoms with E-state index in [-0.39, 0.29) is 5.56 Å². The van der Waals surface area contributed by atoms with Gasteiger partial charge in [0.25, 0.3) is 5.56 Å². The lowest BCUT2D eigenvalue weighted by Gasteiger charge is -2.12. The van der Waals surface area contributed by atoms with Gasteiger partial charge >= 0.3 is 0 Å². The summed E-state index contributed by atoms with van der Waals surface area (Å²) in [6, 6.07) is 16.2. The molecule has 0 aliphatic rings. The van der Waals surface area contributed by atoms with Gasteiger partial charge in [0.05, 0.1) is 17.4 Å². The minimum absolute atomic E-state index is 0.0646. The van der Waals surface area contributed by atoms with Gasteiger partial charge in [-0.05, 0) is 54.5 Å². The fourth-order valence-electron chi connectivity index (χ4n) is 4.26. The summed E-state index contributed by atoms with van der Waals surface area (Å²) >= 11 is 0. The summed E-state index contributed by atoms with van der Waals surface area (Å²) in [5.41, 5.74) is 5.59. The molecule has 6 heteroatoms. The summed E-state index contributed by atoms with van der Waals surface area (Å²) < 4.78 is 3.67. The number of aromatic nitrogens is 5. The highest BCUT2D eigenvalue weighted by atomic mass is 16.1. The summed E-state index contributed by atoms with van der Waals surface area (Å²) in [6.45, 7) is 9.37. The van der Waals surface area contributed by atoms with Crippen molar-refractivity contribution >= 4 is 33.2 Å². The lowest BCUT2D eigenvalue weighted by atomic mass is 9.99. The quantitative estimate of drug-likeness (QED) is 0.333. The van der Waals surface area contributed by atoms with Gasteiger partial charge in [0.1, 0.15) is 10.9 Å². The molecular formula is C27H29N5O. The molecule has 5 rings (SSSR count). The summed E-state index contributed by atoms with van der Waals surface area (Å²) in [5, 5.41) is 0.528. The Labute approximate surface area is 192 Å². The molecule has 168 valence electrons. The zero-order valence-electron chi connectivity index (χ0n) is 19.6. The predicted molar refractivity (Wildman–Crippen MR) is 134 cm³/mol. The maximum atomic E-state index is 13.6. The summed E-state index contributed by atoms with van der Waals surface area (Å²) in [4.78, 5) is 28.1. The second kappa shape index (κ2) is 8.43. The molecule has 0 amide bonds. The van der Waals surface area contributed by atoms with Gasteiger partial charge in [-0.15, -0.1) is 0 Å². The Kier molecular flexibility index (Phi) is 5.44. The van der Waals surface area contributed by atoms with E-state index in [0.717, 1.165) is 29.6 Å². The van der Waals surface area contributed by atoms with Crippen molar-refractivity contribution in [2.45, 2.75) is 53.0 Å². The maximum absolute atomic E-state index is 13.6. The normalized spacial score (nSPS) is 12.9. The van der Waals surface area contributed by atoms with E-state index < -0.39 is 0 Å². The van der Waals surface area contributed by atoms with E-state index in [1.807, 2.05) is 28.8 Å². The van der Waals surface area contributed by atoms with Crippen molar-refractivity contribution in [2.75, 3.05) is 0 Å². The highest BCUT2D eigenvalue weighted by molar-refractivity contribution is 6.05. The Balaban J connectivity index is 1.80. The molecule has 0 N–H and O–H groups in total. The number of fused-ring (bicyclic) bond motifs is 4. The van der Waals surface area contributed by atoms with Crippen molar-refractivity contribution in [1.82, 2.24) is 24.1 Å². The first-order valence-electron chi connectivity index (χ1n) is 11.7. The third-order valence-corrected chi connectivity index (χ3v) is 6.51. The first kappa shape index (κ1) is 21.3. The molecule has 0 radical (unpaired) electrons. The lowest BCUT2D eigenvalue weighted by molar-refractivity contribution is 0.506. The molecule has 0 saturated heterocycles. The van der Waals surface area contributed by atoms with Gasteiger partial charge < -0.3 is 0 Å². The van der Waals surface area contributed by atoms with Crippen molar-refractivity contribution in [1.29, 1.82) is 0 Å². The van der Waals surface area contributed by atoms with E-state index in [4.69, 9.17) is 15.0 Å². The molecule has 0 unspecified atom stereocenters. The molecule has 3 heterocycles. The van der Waals surface area contributed by atoms with Crippen molar-refractivity contribution in [3.8, 4) is 5.69 Å². The first-order valence-corrected chi connectivity index (χ1v) is 11.7. The number of rotatable bonds is 6. The van der Waals surface area contributed by atoms with Crippen LogP contribution in [0.1, 0.15) is 52.0 Å². The third kappa shape index (κ3) is 3.69. The second-order valence-corrected chi connectivity index (χ2v) is 9.25. The Morgan fingerprint density at radius 2 is 1.61 bits per heavy atom. The molecule has 2 aromatic carbocycles. The average Bonchev–Trinajstić information content (AvgIpc) is 3.15. The van der Waals surface area contributed by atoms with Gasteiger partial charge in [0, 0.05) is 12.2 Å². The molecule has 0 aliphatic carbocycles. The number of hydrogen-bond donors (Lipinski definition) is 0. The molecule has 3 aromatic heterocycles. The van der Waals surface area contributed by atoms with Gasteiger partial charge in [-0.1, -0.05) is 52.0 Å².